The first-order valence-electron chi connectivity index (χ1n) is 10.4. The van der Waals surface area contributed by atoms with Gasteiger partial charge in [-0.2, -0.15) is 0 Å². The Balaban J connectivity index is 1.54. The molecule has 1 atom stereocenters. The van der Waals surface area contributed by atoms with Crippen LogP contribution < -0.4 is 5.32 Å². The quantitative estimate of drug-likeness (QED) is 0.657. The fourth-order valence-corrected chi connectivity index (χ4v) is 4.22. The Bertz CT molecular complexity index is 1040. The van der Waals surface area contributed by atoms with Gasteiger partial charge in [0.25, 0.3) is 5.91 Å². The number of likely N-dealkylation sites (N-methyl/N-ethyl adjacent to an activating group) is 1. The molecule has 1 fully saturated rings. The van der Waals surface area contributed by atoms with E-state index in [0.717, 1.165) is 53.8 Å². The van der Waals surface area contributed by atoms with E-state index >= 15 is 0 Å². The summed E-state index contributed by atoms with van der Waals surface area (Å²) in [5, 5.41) is 4.83. The molecule has 1 aromatic heterocycles. The van der Waals surface area contributed by atoms with E-state index in [1.165, 1.54) is 0 Å². The van der Waals surface area contributed by atoms with Gasteiger partial charge in [0.15, 0.2) is 5.76 Å². The molecule has 1 saturated heterocycles. The minimum absolute atomic E-state index is 0.0897. The zero-order valence-corrected chi connectivity index (χ0v) is 18.5. The van der Waals surface area contributed by atoms with E-state index in [4.69, 9.17) is 16.0 Å². The van der Waals surface area contributed by atoms with Crippen molar-refractivity contribution in [2.45, 2.75) is 19.9 Å². The number of piperazine rings is 1. The summed E-state index contributed by atoms with van der Waals surface area (Å²) in [4.78, 5) is 17.7. The maximum Gasteiger partial charge on any atom is 0.287 e. The van der Waals surface area contributed by atoms with Gasteiger partial charge in [-0.25, -0.2) is 0 Å². The van der Waals surface area contributed by atoms with Gasteiger partial charge in [-0.05, 0) is 50.7 Å². The van der Waals surface area contributed by atoms with Crippen LogP contribution in [0.25, 0.3) is 11.0 Å². The fourth-order valence-electron chi connectivity index (χ4n) is 4.10. The minimum Gasteiger partial charge on any atom is -0.451 e. The van der Waals surface area contributed by atoms with E-state index in [-0.39, 0.29) is 11.9 Å². The van der Waals surface area contributed by atoms with Crippen molar-refractivity contribution in [3.8, 4) is 0 Å². The number of carbonyl (C=O) groups is 1. The van der Waals surface area contributed by atoms with Gasteiger partial charge in [0.1, 0.15) is 5.58 Å². The highest BCUT2D eigenvalue weighted by Crippen LogP contribution is 2.27. The molecular formula is C24H28ClN3O2. The molecule has 2 heterocycles. The van der Waals surface area contributed by atoms with E-state index in [1.807, 2.05) is 50.2 Å². The maximum absolute atomic E-state index is 13.0. The van der Waals surface area contributed by atoms with Crippen LogP contribution in [-0.4, -0.2) is 55.5 Å². The molecule has 0 unspecified atom stereocenters. The largest absolute Gasteiger partial charge is 0.451 e. The molecule has 2 aromatic carbocycles. The molecule has 1 aliphatic rings. The van der Waals surface area contributed by atoms with Gasteiger partial charge in [0.05, 0.1) is 6.04 Å². The number of benzene rings is 2. The Morgan fingerprint density at radius 2 is 1.80 bits per heavy atom. The number of carbonyl (C=O) groups excluding carboxylic acids is 1. The molecule has 158 valence electrons. The Morgan fingerprint density at radius 3 is 2.50 bits per heavy atom. The van der Waals surface area contributed by atoms with Crippen LogP contribution in [0.3, 0.4) is 0 Å². The van der Waals surface area contributed by atoms with Gasteiger partial charge < -0.3 is 14.6 Å². The minimum atomic E-state index is -0.172. The molecule has 4 rings (SSSR count). The van der Waals surface area contributed by atoms with Crippen LogP contribution in [0.4, 0.5) is 0 Å². The van der Waals surface area contributed by atoms with Crippen LogP contribution in [0.2, 0.25) is 5.02 Å². The van der Waals surface area contributed by atoms with Crippen LogP contribution in [-0.2, 0) is 0 Å². The lowest BCUT2D eigenvalue weighted by molar-refractivity contribution is 0.0864. The van der Waals surface area contributed by atoms with E-state index in [9.17, 15) is 4.79 Å². The Kier molecular flexibility index (Phi) is 6.14. The molecule has 5 nitrogen and oxygen atoms in total. The van der Waals surface area contributed by atoms with Crippen LogP contribution in [0.5, 0.6) is 0 Å². The predicted octanol–water partition coefficient (Wildman–Crippen LogP) is 4.42. The number of rotatable bonds is 5. The van der Waals surface area contributed by atoms with E-state index in [1.54, 1.807) is 0 Å². The number of aryl methyl sites for hydroxylation is 2. The Hall–Kier alpha value is -2.34. The molecule has 0 radical (unpaired) electrons. The summed E-state index contributed by atoms with van der Waals surface area (Å²) in [6.45, 7) is 8.45. The van der Waals surface area contributed by atoms with E-state index in [2.05, 4.69) is 28.2 Å². The van der Waals surface area contributed by atoms with Crippen molar-refractivity contribution < 1.29 is 9.21 Å². The highest BCUT2D eigenvalue weighted by atomic mass is 35.5. The second kappa shape index (κ2) is 8.80. The summed E-state index contributed by atoms with van der Waals surface area (Å²) in [7, 11) is 2.14. The lowest BCUT2D eigenvalue weighted by Gasteiger charge is -2.38. The standard InChI is InChI=1S/C24H28ClN3O2/c1-16-4-9-22-20(14-16)17(2)23(30-22)24(29)26-15-21(18-5-7-19(25)8-6-18)28-12-10-27(3)11-13-28/h4-9,14,21H,10-13,15H2,1-3H3,(H,26,29)/t21-/m1/s1. The summed E-state index contributed by atoms with van der Waals surface area (Å²) < 4.78 is 5.88. The van der Waals surface area contributed by atoms with Crippen molar-refractivity contribution in [2.24, 2.45) is 0 Å². The fraction of sp³-hybridized carbons (Fsp3) is 0.375. The number of fused-ring (bicyclic) bond motifs is 1. The van der Waals surface area contributed by atoms with Crippen LogP contribution in [0.15, 0.2) is 46.9 Å². The third-order valence-corrected chi connectivity index (χ3v) is 6.24. The maximum atomic E-state index is 13.0. The number of hydrogen-bond donors (Lipinski definition) is 1. The number of amides is 1. The molecule has 0 aliphatic carbocycles. The number of nitrogens with one attached hydrogen (secondary N) is 1. The highest BCUT2D eigenvalue weighted by molar-refractivity contribution is 6.30. The van der Waals surface area contributed by atoms with Gasteiger partial charge in [0.2, 0.25) is 0 Å². The smallest absolute Gasteiger partial charge is 0.287 e. The third kappa shape index (κ3) is 4.38. The first-order valence-corrected chi connectivity index (χ1v) is 10.8. The topological polar surface area (TPSA) is 48.7 Å². The number of furan rings is 1. The van der Waals surface area contributed by atoms with Gasteiger partial charge in [-0.1, -0.05) is 35.4 Å². The lowest BCUT2D eigenvalue weighted by Crippen LogP contribution is -2.48. The first kappa shape index (κ1) is 20.9. The van der Waals surface area contributed by atoms with E-state index < -0.39 is 0 Å². The molecule has 0 saturated carbocycles. The summed E-state index contributed by atoms with van der Waals surface area (Å²) in [6.07, 6.45) is 0. The average Bonchev–Trinajstić information content (AvgIpc) is 3.06. The van der Waals surface area contributed by atoms with Crippen LogP contribution >= 0.6 is 11.6 Å². The van der Waals surface area contributed by atoms with Crippen molar-refractivity contribution >= 4 is 28.5 Å². The average molecular weight is 426 g/mol. The van der Waals surface area contributed by atoms with Gasteiger partial charge >= 0.3 is 0 Å². The second-order valence-electron chi connectivity index (χ2n) is 8.17. The first-order chi connectivity index (χ1) is 14.4. The summed E-state index contributed by atoms with van der Waals surface area (Å²) in [5.74, 6) is 0.221. The van der Waals surface area contributed by atoms with Crippen molar-refractivity contribution in [1.29, 1.82) is 0 Å². The van der Waals surface area contributed by atoms with Crippen molar-refractivity contribution in [2.75, 3.05) is 39.8 Å². The third-order valence-electron chi connectivity index (χ3n) is 5.99. The van der Waals surface area contributed by atoms with Gasteiger partial charge in [-0.15, -0.1) is 0 Å². The summed E-state index contributed by atoms with van der Waals surface area (Å²) >= 11 is 6.09. The van der Waals surface area contributed by atoms with Gasteiger partial charge in [-0.3, -0.25) is 9.69 Å². The molecule has 0 spiro atoms. The van der Waals surface area contributed by atoms with Crippen molar-refractivity contribution in [3.63, 3.8) is 0 Å². The molecule has 3 aromatic rings. The van der Waals surface area contributed by atoms with Crippen LogP contribution in [0, 0.1) is 13.8 Å². The van der Waals surface area contributed by atoms with Crippen molar-refractivity contribution in [3.05, 3.63) is 69.9 Å². The molecule has 1 aliphatic heterocycles. The molecule has 1 amide bonds. The number of halogens is 1. The van der Waals surface area contributed by atoms with E-state index in [0.29, 0.717) is 17.3 Å². The normalized spacial score (nSPS) is 16.7. The molecule has 1 N–H and O–H groups in total. The van der Waals surface area contributed by atoms with Gasteiger partial charge in [0, 0.05) is 48.7 Å². The van der Waals surface area contributed by atoms with Crippen LogP contribution in [0.1, 0.15) is 33.3 Å². The number of hydrogen-bond acceptors (Lipinski definition) is 4. The Morgan fingerprint density at radius 1 is 1.10 bits per heavy atom. The second-order valence-corrected chi connectivity index (χ2v) is 8.61. The number of nitrogens with zero attached hydrogens (tertiary/aromatic N) is 2. The predicted molar refractivity (Wildman–Crippen MR) is 121 cm³/mol. The highest BCUT2D eigenvalue weighted by Gasteiger charge is 2.26. The lowest BCUT2D eigenvalue weighted by atomic mass is 10.0. The summed E-state index contributed by atoms with van der Waals surface area (Å²) in [5.41, 5.74) is 3.93. The molecule has 0 bridgehead atoms. The SMILES string of the molecule is Cc1ccc2oc(C(=O)NC[C@H](c3ccc(Cl)cc3)N3CCN(C)CC3)c(C)c2c1. The molecule has 6 heteroatoms. The van der Waals surface area contributed by atoms with Crippen molar-refractivity contribution in [1.82, 2.24) is 15.1 Å². The summed E-state index contributed by atoms with van der Waals surface area (Å²) in [6, 6.07) is 14.0. The monoisotopic (exact) mass is 425 g/mol. The Labute approximate surface area is 182 Å². The zero-order chi connectivity index (χ0) is 21.3. The molecular weight excluding hydrogens is 398 g/mol. The zero-order valence-electron chi connectivity index (χ0n) is 17.7. The molecule has 30 heavy (non-hydrogen) atoms.